The van der Waals surface area contributed by atoms with Crippen LogP contribution in [0.1, 0.15) is 17.5 Å². The Kier molecular flexibility index (Phi) is 7.95. The molecule has 0 bridgehead atoms. The summed E-state index contributed by atoms with van der Waals surface area (Å²) in [6.45, 7) is 1.29. The van der Waals surface area contributed by atoms with Crippen molar-refractivity contribution in [2.24, 2.45) is 9.98 Å². The van der Waals surface area contributed by atoms with Crippen LogP contribution in [0.5, 0.6) is 11.5 Å². The molecule has 2 N–H and O–H groups in total. The maximum atomic E-state index is 9.56. The predicted molar refractivity (Wildman–Crippen MR) is 85.8 cm³/mol. The Bertz CT molecular complexity index is 587. The Labute approximate surface area is 140 Å². The van der Waals surface area contributed by atoms with Crippen LogP contribution >= 0.6 is 0 Å². The van der Waals surface area contributed by atoms with Gasteiger partial charge in [-0.25, -0.2) is 0 Å². The largest absolute Gasteiger partial charge is 2.00 e. The summed E-state index contributed by atoms with van der Waals surface area (Å²) < 4.78 is 0. The molecule has 0 fully saturated rings. The number of hydrogen-bond donors (Lipinski definition) is 2. The molecular weight excluding hydrogens is 323 g/mol. The van der Waals surface area contributed by atoms with Crippen LogP contribution in [0.2, 0.25) is 0 Å². The van der Waals surface area contributed by atoms with E-state index in [1.54, 1.807) is 36.7 Å². The number of phenols is 2. The molecule has 0 aliphatic rings. The van der Waals surface area contributed by atoms with E-state index in [0.717, 1.165) is 17.5 Å². The normalized spacial score (nSPS) is 10.9. The van der Waals surface area contributed by atoms with Gasteiger partial charge in [0.1, 0.15) is 11.5 Å². The van der Waals surface area contributed by atoms with E-state index >= 15 is 0 Å². The van der Waals surface area contributed by atoms with Gasteiger partial charge >= 0.3 is 16.8 Å². The molecule has 22 heavy (non-hydrogen) atoms. The first kappa shape index (κ1) is 17.9. The van der Waals surface area contributed by atoms with Crippen LogP contribution in [-0.4, -0.2) is 35.7 Å². The standard InChI is InChI=1S/C17H18N2O2.Co/c20-16-8-3-1-6-14(16)12-18-10-5-11-19-13-15-7-2-4-9-17(15)21;/h1-4,6-9,12-13,20-21H,5,10-11H2;/q;+2. The van der Waals surface area contributed by atoms with Crippen LogP contribution in [0.4, 0.5) is 0 Å². The fourth-order valence-corrected chi connectivity index (χ4v) is 1.77. The zero-order valence-corrected chi connectivity index (χ0v) is 13.1. The summed E-state index contributed by atoms with van der Waals surface area (Å²) in [7, 11) is 0. The molecule has 2 aromatic rings. The van der Waals surface area contributed by atoms with Crippen molar-refractivity contribution in [3.63, 3.8) is 0 Å². The van der Waals surface area contributed by atoms with Crippen molar-refractivity contribution in [3.05, 3.63) is 59.7 Å². The molecule has 2 aromatic carbocycles. The molecule has 0 atom stereocenters. The van der Waals surface area contributed by atoms with E-state index < -0.39 is 0 Å². The van der Waals surface area contributed by atoms with E-state index in [1.807, 2.05) is 24.3 Å². The fourth-order valence-electron chi connectivity index (χ4n) is 1.77. The average Bonchev–Trinajstić information content (AvgIpc) is 2.50. The summed E-state index contributed by atoms with van der Waals surface area (Å²) in [6, 6.07) is 14.2. The minimum atomic E-state index is 0. The molecule has 0 aliphatic carbocycles. The van der Waals surface area contributed by atoms with Gasteiger partial charge in [-0.15, -0.1) is 0 Å². The molecular formula is C17H18CoN2O2+2. The van der Waals surface area contributed by atoms with Crippen molar-refractivity contribution in [3.8, 4) is 11.5 Å². The molecule has 0 spiro atoms. The maximum absolute atomic E-state index is 9.56. The SMILES string of the molecule is Oc1ccccc1C=NCCCN=Cc1ccccc1O.[Co+2]. The third kappa shape index (κ3) is 5.71. The molecule has 5 heteroatoms. The second-order valence-electron chi connectivity index (χ2n) is 4.54. The summed E-state index contributed by atoms with van der Waals surface area (Å²) in [5.41, 5.74) is 1.44. The Balaban J connectivity index is 0.00000242. The molecule has 4 nitrogen and oxygen atoms in total. The second-order valence-corrected chi connectivity index (χ2v) is 4.54. The summed E-state index contributed by atoms with van der Waals surface area (Å²) in [6.07, 6.45) is 4.15. The zero-order chi connectivity index (χ0) is 14.9. The third-order valence-electron chi connectivity index (χ3n) is 2.91. The number of benzene rings is 2. The van der Waals surface area contributed by atoms with Gasteiger partial charge in [0.25, 0.3) is 0 Å². The zero-order valence-electron chi connectivity index (χ0n) is 12.0. The van der Waals surface area contributed by atoms with Gasteiger partial charge in [0.2, 0.25) is 0 Å². The van der Waals surface area contributed by atoms with Crippen molar-refractivity contribution in [2.75, 3.05) is 13.1 Å². The van der Waals surface area contributed by atoms with Gasteiger partial charge in [0, 0.05) is 36.6 Å². The molecule has 0 heterocycles. The second kappa shape index (κ2) is 9.76. The van der Waals surface area contributed by atoms with Gasteiger partial charge in [0.05, 0.1) is 0 Å². The number of aromatic hydroxyl groups is 2. The topological polar surface area (TPSA) is 65.2 Å². The number of para-hydroxylation sites is 2. The van der Waals surface area contributed by atoms with Crippen LogP contribution in [0.3, 0.4) is 0 Å². The Morgan fingerprint density at radius 3 is 1.55 bits per heavy atom. The summed E-state index contributed by atoms with van der Waals surface area (Å²) in [4.78, 5) is 8.51. The van der Waals surface area contributed by atoms with E-state index in [1.165, 1.54) is 0 Å². The Morgan fingerprint density at radius 1 is 0.727 bits per heavy atom. The van der Waals surface area contributed by atoms with Crippen LogP contribution in [0, 0.1) is 0 Å². The van der Waals surface area contributed by atoms with E-state index in [0.29, 0.717) is 13.1 Å². The van der Waals surface area contributed by atoms with Crippen molar-refractivity contribution >= 4 is 12.4 Å². The van der Waals surface area contributed by atoms with Gasteiger partial charge in [-0.3, -0.25) is 9.98 Å². The van der Waals surface area contributed by atoms with Crippen molar-refractivity contribution in [1.29, 1.82) is 0 Å². The molecule has 0 aliphatic heterocycles. The fraction of sp³-hybridized carbons (Fsp3) is 0.176. The molecule has 115 valence electrons. The van der Waals surface area contributed by atoms with E-state index in [2.05, 4.69) is 9.98 Å². The number of nitrogens with zero attached hydrogens (tertiary/aromatic N) is 2. The summed E-state index contributed by atoms with van der Waals surface area (Å²) in [5, 5.41) is 19.1. The predicted octanol–water partition coefficient (Wildman–Crippen LogP) is 3.02. The van der Waals surface area contributed by atoms with Gasteiger partial charge in [-0.1, -0.05) is 24.3 Å². The van der Waals surface area contributed by atoms with Gasteiger partial charge in [-0.05, 0) is 30.7 Å². The van der Waals surface area contributed by atoms with Gasteiger partial charge in [0.15, 0.2) is 0 Å². The monoisotopic (exact) mass is 341 g/mol. The van der Waals surface area contributed by atoms with Crippen LogP contribution in [0.15, 0.2) is 58.5 Å². The number of phenolic OH excluding ortho intramolecular Hbond substituents is 2. The number of hydrogen-bond acceptors (Lipinski definition) is 4. The summed E-state index contributed by atoms with van der Waals surface area (Å²) >= 11 is 0. The first-order valence-corrected chi connectivity index (χ1v) is 6.83. The Hall–Kier alpha value is -2.11. The molecule has 1 radical (unpaired) electrons. The van der Waals surface area contributed by atoms with Gasteiger partial charge in [-0.2, -0.15) is 0 Å². The van der Waals surface area contributed by atoms with Crippen LogP contribution in [0.25, 0.3) is 0 Å². The van der Waals surface area contributed by atoms with Crippen molar-refractivity contribution in [2.45, 2.75) is 6.42 Å². The minimum absolute atomic E-state index is 0. The smallest absolute Gasteiger partial charge is 0.507 e. The van der Waals surface area contributed by atoms with E-state index in [-0.39, 0.29) is 28.3 Å². The third-order valence-corrected chi connectivity index (χ3v) is 2.91. The average molecular weight is 341 g/mol. The maximum Gasteiger partial charge on any atom is 2.00 e. The van der Waals surface area contributed by atoms with E-state index in [9.17, 15) is 10.2 Å². The molecule has 0 saturated carbocycles. The number of rotatable bonds is 6. The summed E-state index contributed by atoms with van der Waals surface area (Å²) in [5.74, 6) is 0.470. The van der Waals surface area contributed by atoms with Crippen molar-refractivity contribution < 1.29 is 27.0 Å². The van der Waals surface area contributed by atoms with Crippen LogP contribution in [-0.2, 0) is 16.8 Å². The molecule has 0 amide bonds. The minimum Gasteiger partial charge on any atom is -0.507 e. The molecule has 2 rings (SSSR count). The molecule has 0 unspecified atom stereocenters. The Morgan fingerprint density at radius 2 is 1.14 bits per heavy atom. The van der Waals surface area contributed by atoms with E-state index in [4.69, 9.17) is 0 Å². The molecule has 0 saturated heterocycles. The quantitative estimate of drug-likeness (QED) is 0.627. The van der Waals surface area contributed by atoms with Crippen molar-refractivity contribution in [1.82, 2.24) is 0 Å². The molecule has 0 aromatic heterocycles. The first-order valence-electron chi connectivity index (χ1n) is 6.83. The van der Waals surface area contributed by atoms with Crippen LogP contribution < -0.4 is 0 Å². The van der Waals surface area contributed by atoms with Gasteiger partial charge < -0.3 is 10.2 Å². The number of aliphatic imine (C=N–C) groups is 2. The first-order chi connectivity index (χ1) is 10.3.